The zero-order valence-electron chi connectivity index (χ0n) is 15.1. The Morgan fingerprint density at radius 2 is 1.65 bits per heavy atom. The van der Waals surface area contributed by atoms with Crippen molar-refractivity contribution in [2.75, 3.05) is 13.2 Å². The van der Waals surface area contributed by atoms with Gasteiger partial charge < -0.3 is 38.0 Å². The molecule has 0 bridgehead atoms. The van der Waals surface area contributed by atoms with Gasteiger partial charge in [0, 0.05) is 6.54 Å². The molecule has 11 heteroatoms. The molecule has 0 aromatic rings. The molecule has 0 unspecified atom stereocenters. The summed E-state index contributed by atoms with van der Waals surface area (Å²) >= 11 is 0. The predicted molar refractivity (Wildman–Crippen MR) is 95.9 cm³/mol. The lowest BCUT2D eigenvalue weighted by Gasteiger charge is -2.22. The van der Waals surface area contributed by atoms with E-state index in [1.165, 1.54) is 0 Å². The van der Waals surface area contributed by atoms with Crippen LogP contribution in [0.5, 0.6) is 0 Å². The van der Waals surface area contributed by atoms with Gasteiger partial charge >= 0.3 is 5.97 Å². The minimum Gasteiger partial charge on any atom is -0.480 e. The lowest BCUT2D eigenvalue weighted by Crippen LogP contribution is -2.56. The van der Waals surface area contributed by atoms with Crippen LogP contribution < -0.4 is 27.8 Å². The molecule has 11 nitrogen and oxygen atoms in total. The van der Waals surface area contributed by atoms with E-state index in [4.69, 9.17) is 17.2 Å². The first kappa shape index (κ1) is 23.6. The number of nitrogens with two attached hydrogens (primary N) is 3. The van der Waals surface area contributed by atoms with Crippen molar-refractivity contribution in [1.29, 1.82) is 0 Å². The van der Waals surface area contributed by atoms with Crippen molar-refractivity contribution in [3.63, 3.8) is 0 Å². The maximum Gasteiger partial charge on any atom is 0.326 e. The molecule has 0 aromatic carbocycles. The van der Waals surface area contributed by atoms with Gasteiger partial charge in [-0.25, -0.2) is 4.79 Å². The fourth-order valence-electron chi connectivity index (χ4n) is 2.12. The van der Waals surface area contributed by atoms with Crippen LogP contribution in [-0.4, -0.2) is 65.2 Å². The highest BCUT2D eigenvalue weighted by Gasteiger charge is 2.27. The number of aliphatic hydroxyl groups excluding tert-OH is 1. The number of nitrogens with one attached hydrogen (secondary N) is 2. The number of carbonyl (C=O) groups excluding carboxylic acids is 2. The summed E-state index contributed by atoms with van der Waals surface area (Å²) in [6.45, 7) is 3.31. The van der Waals surface area contributed by atoms with E-state index in [1.807, 2.05) is 13.8 Å². The van der Waals surface area contributed by atoms with Crippen molar-refractivity contribution in [2.24, 2.45) is 28.1 Å². The first-order chi connectivity index (χ1) is 12.1. The number of guanidine groups is 1. The zero-order valence-corrected chi connectivity index (χ0v) is 15.1. The third-order valence-electron chi connectivity index (χ3n) is 3.44. The number of amides is 2. The van der Waals surface area contributed by atoms with Gasteiger partial charge in [-0.3, -0.25) is 14.6 Å². The van der Waals surface area contributed by atoms with Crippen molar-refractivity contribution >= 4 is 23.7 Å². The largest absolute Gasteiger partial charge is 0.480 e. The summed E-state index contributed by atoms with van der Waals surface area (Å²) in [7, 11) is 0. The summed E-state index contributed by atoms with van der Waals surface area (Å²) < 4.78 is 0. The summed E-state index contributed by atoms with van der Waals surface area (Å²) in [6, 6.07) is -3.32. The molecule has 0 aliphatic carbocycles. The molecule has 0 aromatic heterocycles. The third-order valence-corrected chi connectivity index (χ3v) is 3.44. The van der Waals surface area contributed by atoms with E-state index in [-0.39, 0.29) is 24.8 Å². The molecule has 0 saturated carbocycles. The molecule has 0 heterocycles. The number of carboxylic acids is 1. The van der Waals surface area contributed by atoms with Crippen LogP contribution in [0.2, 0.25) is 0 Å². The molecule has 26 heavy (non-hydrogen) atoms. The summed E-state index contributed by atoms with van der Waals surface area (Å²) in [6.07, 6.45) is 0.815. The number of carbonyl (C=O) groups is 3. The van der Waals surface area contributed by atoms with Crippen molar-refractivity contribution in [2.45, 2.75) is 51.2 Å². The number of carboxylic acid groups (broad SMARTS) is 1. The molecule has 0 saturated heterocycles. The molecule has 0 radical (unpaired) electrons. The first-order valence-corrected chi connectivity index (χ1v) is 8.33. The van der Waals surface area contributed by atoms with Gasteiger partial charge in [0.25, 0.3) is 0 Å². The monoisotopic (exact) mass is 374 g/mol. The van der Waals surface area contributed by atoms with Crippen LogP contribution in [0.1, 0.15) is 33.1 Å². The van der Waals surface area contributed by atoms with Crippen LogP contribution in [0.25, 0.3) is 0 Å². The fourth-order valence-corrected chi connectivity index (χ4v) is 2.12. The quantitative estimate of drug-likeness (QED) is 0.110. The SMILES string of the molecule is CC(C)C[C@H](N)C(=O)N[C@H](CO)C(=O)N[C@H](CCCN=C(N)N)C(=O)O. The molecular formula is C15H30N6O5. The number of hydrogen-bond donors (Lipinski definition) is 7. The third kappa shape index (κ3) is 9.79. The van der Waals surface area contributed by atoms with Gasteiger partial charge in [-0.15, -0.1) is 0 Å². The lowest BCUT2D eigenvalue weighted by atomic mass is 10.0. The Morgan fingerprint density at radius 1 is 1.08 bits per heavy atom. The Labute approximate surface area is 152 Å². The van der Waals surface area contributed by atoms with Gasteiger partial charge in [0.05, 0.1) is 12.6 Å². The molecular weight excluding hydrogens is 344 g/mol. The average molecular weight is 374 g/mol. The highest BCUT2D eigenvalue weighted by atomic mass is 16.4. The highest BCUT2D eigenvalue weighted by Crippen LogP contribution is 2.03. The first-order valence-electron chi connectivity index (χ1n) is 8.33. The van der Waals surface area contributed by atoms with Gasteiger partial charge in [0.15, 0.2) is 5.96 Å². The van der Waals surface area contributed by atoms with Gasteiger partial charge in [-0.2, -0.15) is 0 Å². The van der Waals surface area contributed by atoms with E-state index in [0.29, 0.717) is 12.8 Å². The number of aliphatic carboxylic acids is 1. The Morgan fingerprint density at radius 3 is 2.12 bits per heavy atom. The van der Waals surface area contributed by atoms with Crippen LogP contribution in [0.3, 0.4) is 0 Å². The normalized spacial score (nSPS) is 14.2. The Bertz CT molecular complexity index is 507. The van der Waals surface area contributed by atoms with Crippen molar-refractivity contribution in [1.82, 2.24) is 10.6 Å². The van der Waals surface area contributed by atoms with Crippen molar-refractivity contribution in [3.05, 3.63) is 0 Å². The van der Waals surface area contributed by atoms with Crippen molar-refractivity contribution in [3.8, 4) is 0 Å². The Balaban J connectivity index is 4.69. The van der Waals surface area contributed by atoms with Gasteiger partial charge in [0.1, 0.15) is 12.1 Å². The van der Waals surface area contributed by atoms with Gasteiger partial charge in [-0.1, -0.05) is 13.8 Å². The second-order valence-corrected chi connectivity index (χ2v) is 6.33. The Kier molecular flexibility index (Phi) is 10.9. The summed E-state index contributed by atoms with van der Waals surface area (Å²) in [4.78, 5) is 39.1. The molecule has 10 N–H and O–H groups in total. The fraction of sp³-hybridized carbons (Fsp3) is 0.733. The van der Waals surface area contributed by atoms with Crippen LogP contribution in [0, 0.1) is 5.92 Å². The van der Waals surface area contributed by atoms with Gasteiger partial charge in [0.2, 0.25) is 11.8 Å². The van der Waals surface area contributed by atoms with E-state index < -0.39 is 42.5 Å². The smallest absolute Gasteiger partial charge is 0.326 e. The van der Waals surface area contributed by atoms with Gasteiger partial charge in [-0.05, 0) is 25.2 Å². The molecule has 0 spiro atoms. The molecule has 0 rings (SSSR count). The average Bonchev–Trinajstić information content (AvgIpc) is 2.53. The van der Waals surface area contributed by atoms with Crippen LogP contribution in [-0.2, 0) is 14.4 Å². The molecule has 0 aliphatic heterocycles. The maximum absolute atomic E-state index is 12.2. The number of nitrogens with zero attached hydrogens (tertiary/aromatic N) is 1. The highest BCUT2D eigenvalue weighted by molar-refractivity contribution is 5.91. The zero-order chi connectivity index (χ0) is 20.3. The molecule has 3 atom stereocenters. The number of hydrogen-bond acceptors (Lipinski definition) is 6. The second-order valence-electron chi connectivity index (χ2n) is 6.33. The summed E-state index contributed by atoms with van der Waals surface area (Å²) in [5, 5.41) is 23.1. The Hall–Kier alpha value is -2.40. The minimum atomic E-state index is -1.29. The number of aliphatic imine (C=N–C) groups is 1. The van der Waals surface area contributed by atoms with E-state index in [1.54, 1.807) is 0 Å². The van der Waals surface area contributed by atoms with Crippen LogP contribution in [0.4, 0.5) is 0 Å². The summed E-state index contributed by atoms with van der Waals surface area (Å²) in [5.74, 6) is -2.58. The molecule has 2 amide bonds. The minimum absolute atomic E-state index is 0.0802. The maximum atomic E-state index is 12.2. The number of aliphatic hydroxyl groups is 1. The lowest BCUT2D eigenvalue weighted by molar-refractivity contribution is -0.142. The van der Waals surface area contributed by atoms with E-state index in [0.717, 1.165) is 0 Å². The van der Waals surface area contributed by atoms with Crippen LogP contribution in [0.15, 0.2) is 4.99 Å². The standard InChI is InChI=1S/C15H30N6O5/c1-8(2)6-9(16)12(23)21-11(7-22)13(24)20-10(14(25)26)4-3-5-19-15(17)18/h8-11,22H,3-7,16H2,1-2H3,(H,20,24)(H,21,23)(H,25,26)(H4,17,18,19)/t9-,10+,11+/m0/s1. The van der Waals surface area contributed by atoms with E-state index in [9.17, 15) is 24.6 Å². The molecule has 0 fully saturated rings. The second kappa shape index (κ2) is 12.0. The van der Waals surface area contributed by atoms with Crippen LogP contribution >= 0.6 is 0 Å². The number of rotatable bonds is 12. The van der Waals surface area contributed by atoms with E-state index >= 15 is 0 Å². The summed E-state index contributed by atoms with van der Waals surface area (Å²) in [5.41, 5.74) is 16.1. The van der Waals surface area contributed by atoms with Crippen molar-refractivity contribution < 1.29 is 24.6 Å². The predicted octanol–water partition coefficient (Wildman–Crippen LogP) is -2.54. The topological polar surface area (TPSA) is 206 Å². The molecule has 150 valence electrons. The van der Waals surface area contributed by atoms with E-state index in [2.05, 4.69) is 15.6 Å². The molecule has 0 aliphatic rings.